The molecule has 7 heteroatoms. The number of ether oxygens (including phenoxy) is 2. The molecule has 2 N–H and O–H groups in total. The van der Waals surface area contributed by atoms with Crippen molar-refractivity contribution in [2.75, 3.05) is 43.1 Å². The van der Waals surface area contributed by atoms with Gasteiger partial charge in [0.05, 0.1) is 31.0 Å². The zero-order valence-corrected chi connectivity index (χ0v) is 12.9. The molecular formula is C16H19N3O4. The van der Waals surface area contributed by atoms with E-state index >= 15 is 0 Å². The number of carbonyl (C=O) groups is 1. The van der Waals surface area contributed by atoms with Gasteiger partial charge in [0, 0.05) is 18.5 Å². The second-order valence-corrected chi connectivity index (χ2v) is 5.17. The molecule has 2 aromatic rings. The van der Waals surface area contributed by atoms with Crippen molar-refractivity contribution in [2.24, 2.45) is 0 Å². The Balaban J connectivity index is 2.13. The number of rotatable bonds is 3. The van der Waals surface area contributed by atoms with Gasteiger partial charge >= 0.3 is 6.09 Å². The van der Waals surface area contributed by atoms with Gasteiger partial charge in [0.15, 0.2) is 0 Å². The lowest BCUT2D eigenvalue weighted by molar-refractivity contribution is 0.122. The third-order valence-corrected chi connectivity index (χ3v) is 3.73. The van der Waals surface area contributed by atoms with Crippen LogP contribution in [0.15, 0.2) is 29.1 Å². The van der Waals surface area contributed by atoms with E-state index in [0.29, 0.717) is 43.2 Å². The lowest BCUT2D eigenvalue weighted by atomic mass is 10.1. The molecule has 0 spiro atoms. The molecule has 1 aromatic carbocycles. The van der Waals surface area contributed by atoms with Crippen molar-refractivity contribution in [3.63, 3.8) is 0 Å². The number of benzene rings is 1. The first kappa shape index (κ1) is 15.4. The lowest BCUT2D eigenvalue weighted by Gasteiger charge is -2.30. The maximum absolute atomic E-state index is 12.6. The molecule has 0 radical (unpaired) electrons. The molecule has 23 heavy (non-hydrogen) atoms. The minimum atomic E-state index is -0.572. The zero-order valence-electron chi connectivity index (χ0n) is 12.9. The van der Waals surface area contributed by atoms with Crippen molar-refractivity contribution in [3.05, 3.63) is 34.6 Å². The molecule has 0 atom stereocenters. The monoisotopic (exact) mass is 317 g/mol. The quantitative estimate of drug-likeness (QED) is 0.904. The van der Waals surface area contributed by atoms with Crippen LogP contribution in [0.5, 0.6) is 0 Å². The number of aromatic amines is 1. The highest BCUT2D eigenvalue weighted by atomic mass is 16.5. The summed E-state index contributed by atoms with van der Waals surface area (Å²) < 4.78 is 10.3. The van der Waals surface area contributed by atoms with Gasteiger partial charge in [-0.3, -0.25) is 10.1 Å². The topological polar surface area (TPSA) is 83.7 Å². The minimum Gasteiger partial charge on any atom is -0.450 e. The van der Waals surface area contributed by atoms with Gasteiger partial charge in [0.25, 0.3) is 5.56 Å². The third kappa shape index (κ3) is 3.14. The van der Waals surface area contributed by atoms with Crippen molar-refractivity contribution in [1.29, 1.82) is 0 Å². The molecule has 3 rings (SSSR count). The highest BCUT2D eigenvalue weighted by molar-refractivity contribution is 6.04. The largest absolute Gasteiger partial charge is 0.450 e. The summed E-state index contributed by atoms with van der Waals surface area (Å²) in [5.74, 6) is 0. The Labute approximate surface area is 133 Å². The molecule has 7 nitrogen and oxygen atoms in total. The Hall–Kier alpha value is -2.54. The molecular weight excluding hydrogens is 298 g/mol. The van der Waals surface area contributed by atoms with E-state index in [1.807, 2.05) is 23.1 Å². The number of aromatic nitrogens is 1. The molecule has 2 heterocycles. The van der Waals surface area contributed by atoms with Crippen LogP contribution in [-0.4, -0.2) is 44.0 Å². The van der Waals surface area contributed by atoms with Crippen LogP contribution in [0.3, 0.4) is 0 Å². The lowest BCUT2D eigenvalue weighted by Crippen LogP contribution is -2.40. The summed E-state index contributed by atoms with van der Waals surface area (Å²) in [5, 5.41) is 3.49. The molecule has 0 unspecified atom stereocenters. The van der Waals surface area contributed by atoms with E-state index in [4.69, 9.17) is 9.47 Å². The number of nitrogens with one attached hydrogen (secondary N) is 2. The van der Waals surface area contributed by atoms with E-state index < -0.39 is 6.09 Å². The van der Waals surface area contributed by atoms with Crippen LogP contribution >= 0.6 is 0 Å². The summed E-state index contributed by atoms with van der Waals surface area (Å²) in [6.45, 7) is 4.28. The van der Waals surface area contributed by atoms with Crippen molar-refractivity contribution in [1.82, 2.24) is 4.98 Å². The number of amides is 1. The maximum atomic E-state index is 12.6. The molecule has 1 fully saturated rings. The van der Waals surface area contributed by atoms with E-state index in [-0.39, 0.29) is 12.2 Å². The van der Waals surface area contributed by atoms with Crippen molar-refractivity contribution >= 4 is 28.4 Å². The Morgan fingerprint density at radius 3 is 2.83 bits per heavy atom. The molecule has 1 aliphatic heterocycles. The Morgan fingerprint density at radius 2 is 2.09 bits per heavy atom. The van der Waals surface area contributed by atoms with Gasteiger partial charge in [-0.15, -0.1) is 0 Å². The predicted octanol–water partition coefficient (Wildman–Crippen LogP) is 1.93. The van der Waals surface area contributed by atoms with E-state index in [0.717, 1.165) is 5.39 Å². The summed E-state index contributed by atoms with van der Waals surface area (Å²) in [6.07, 6.45) is -0.572. The standard InChI is InChI=1S/C16H19N3O4/c1-2-23-16(21)18-13-11-5-3-4-6-12(11)17-15(20)14(13)19-7-9-22-10-8-19/h3-6H,2,7-10H2,1H3,(H2,17,18,20,21). The summed E-state index contributed by atoms with van der Waals surface area (Å²) in [7, 11) is 0. The number of hydrogen-bond donors (Lipinski definition) is 2. The zero-order chi connectivity index (χ0) is 16.2. The normalized spacial score (nSPS) is 14.7. The van der Waals surface area contributed by atoms with Gasteiger partial charge < -0.3 is 19.4 Å². The first-order chi connectivity index (χ1) is 11.2. The number of anilines is 2. The summed E-state index contributed by atoms with van der Waals surface area (Å²) in [5.41, 5.74) is 1.35. The van der Waals surface area contributed by atoms with Gasteiger partial charge in [-0.2, -0.15) is 0 Å². The van der Waals surface area contributed by atoms with E-state index in [9.17, 15) is 9.59 Å². The third-order valence-electron chi connectivity index (χ3n) is 3.73. The minimum absolute atomic E-state index is 0.239. The number of fused-ring (bicyclic) bond motifs is 1. The van der Waals surface area contributed by atoms with Crippen molar-refractivity contribution < 1.29 is 14.3 Å². The fourth-order valence-corrected chi connectivity index (χ4v) is 2.72. The highest BCUT2D eigenvalue weighted by Gasteiger charge is 2.22. The highest BCUT2D eigenvalue weighted by Crippen LogP contribution is 2.30. The van der Waals surface area contributed by atoms with Crippen LogP contribution in [-0.2, 0) is 9.47 Å². The van der Waals surface area contributed by atoms with Gasteiger partial charge in [0.1, 0.15) is 5.69 Å². The second-order valence-electron chi connectivity index (χ2n) is 5.17. The smallest absolute Gasteiger partial charge is 0.411 e. The molecule has 1 saturated heterocycles. The van der Waals surface area contributed by atoms with E-state index in [2.05, 4.69) is 10.3 Å². The van der Waals surface area contributed by atoms with Crippen LogP contribution in [0, 0.1) is 0 Å². The first-order valence-electron chi connectivity index (χ1n) is 7.62. The van der Waals surface area contributed by atoms with Crippen LogP contribution in [0.1, 0.15) is 6.92 Å². The van der Waals surface area contributed by atoms with Gasteiger partial charge in [0.2, 0.25) is 0 Å². The van der Waals surface area contributed by atoms with Crippen LogP contribution in [0.4, 0.5) is 16.2 Å². The van der Waals surface area contributed by atoms with Crippen molar-refractivity contribution in [2.45, 2.75) is 6.92 Å². The molecule has 1 amide bonds. The molecule has 1 aliphatic rings. The van der Waals surface area contributed by atoms with Gasteiger partial charge in [-0.1, -0.05) is 18.2 Å². The number of pyridine rings is 1. The average molecular weight is 317 g/mol. The molecule has 0 saturated carbocycles. The number of hydrogen-bond acceptors (Lipinski definition) is 5. The molecule has 122 valence electrons. The predicted molar refractivity (Wildman–Crippen MR) is 88.2 cm³/mol. The summed E-state index contributed by atoms with van der Waals surface area (Å²) in [6, 6.07) is 7.36. The second kappa shape index (κ2) is 6.70. The Morgan fingerprint density at radius 1 is 1.35 bits per heavy atom. The molecule has 0 bridgehead atoms. The van der Waals surface area contributed by atoms with Crippen LogP contribution in [0.2, 0.25) is 0 Å². The Kier molecular flexibility index (Phi) is 4.47. The maximum Gasteiger partial charge on any atom is 0.411 e. The number of H-pyrrole nitrogens is 1. The Bertz CT molecular complexity index is 765. The van der Waals surface area contributed by atoms with Gasteiger partial charge in [-0.25, -0.2) is 4.79 Å². The summed E-state index contributed by atoms with van der Waals surface area (Å²) in [4.78, 5) is 29.3. The average Bonchev–Trinajstić information content (AvgIpc) is 2.56. The van der Waals surface area contributed by atoms with Crippen molar-refractivity contribution in [3.8, 4) is 0 Å². The fraction of sp³-hybridized carbons (Fsp3) is 0.375. The fourth-order valence-electron chi connectivity index (χ4n) is 2.72. The van der Waals surface area contributed by atoms with E-state index in [1.165, 1.54) is 0 Å². The van der Waals surface area contributed by atoms with E-state index in [1.54, 1.807) is 13.0 Å². The molecule has 0 aliphatic carbocycles. The number of morpholine rings is 1. The number of para-hydroxylation sites is 1. The first-order valence-corrected chi connectivity index (χ1v) is 7.62. The van der Waals surface area contributed by atoms with Gasteiger partial charge in [-0.05, 0) is 13.0 Å². The number of carbonyl (C=O) groups excluding carboxylic acids is 1. The molecule has 1 aromatic heterocycles. The summed E-state index contributed by atoms with van der Waals surface area (Å²) >= 11 is 0. The van der Waals surface area contributed by atoms with Crippen LogP contribution < -0.4 is 15.8 Å². The number of nitrogens with zero attached hydrogens (tertiary/aromatic N) is 1. The van der Waals surface area contributed by atoms with Crippen LogP contribution in [0.25, 0.3) is 10.9 Å². The SMILES string of the molecule is CCOC(=O)Nc1c(N2CCOCC2)c(=O)[nH]c2ccccc12.